The number of para-hydroxylation sites is 1. The number of thiophene rings is 1. The van der Waals surface area contributed by atoms with Gasteiger partial charge in [-0.2, -0.15) is 0 Å². The largest absolute Gasteiger partial charge is 0.451 e. The molecule has 2 unspecified atom stereocenters. The lowest BCUT2D eigenvalue weighted by atomic mass is 10.2. The molecule has 23 heavy (non-hydrogen) atoms. The van der Waals surface area contributed by atoms with Crippen LogP contribution >= 0.6 is 11.3 Å². The van der Waals surface area contributed by atoms with Crippen molar-refractivity contribution in [2.45, 2.75) is 12.3 Å². The first-order valence-corrected chi connectivity index (χ1v) is 8.45. The van der Waals surface area contributed by atoms with Crippen molar-refractivity contribution in [1.82, 2.24) is 5.32 Å². The van der Waals surface area contributed by atoms with E-state index >= 15 is 0 Å². The Hall–Kier alpha value is -2.40. The normalized spacial score (nSPS) is 19.7. The van der Waals surface area contributed by atoms with E-state index in [2.05, 4.69) is 22.8 Å². The number of hydrogen-bond acceptors (Lipinski definition) is 4. The monoisotopic (exact) mass is 325 g/mol. The van der Waals surface area contributed by atoms with Gasteiger partial charge in [-0.25, -0.2) is 0 Å². The minimum absolute atomic E-state index is 0.0713. The molecule has 3 aromatic rings. The van der Waals surface area contributed by atoms with Gasteiger partial charge in [-0.15, -0.1) is 11.3 Å². The van der Waals surface area contributed by atoms with Crippen molar-refractivity contribution in [3.05, 3.63) is 68.7 Å². The minimum Gasteiger partial charge on any atom is -0.451 e. The summed E-state index contributed by atoms with van der Waals surface area (Å²) in [7, 11) is 0. The Morgan fingerprint density at radius 3 is 2.96 bits per heavy atom. The average molecular weight is 325 g/mol. The molecule has 2 heterocycles. The molecular formula is C18H15NO3S. The van der Waals surface area contributed by atoms with Gasteiger partial charge in [-0.05, 0) is 41.8 Å². The van der Waals surface area contributed by atoms with E-state index in [0.717, 1.165) is 6.42 Å². The van der Waals surface area contributed by atoms with Crippen LogP contribution in [0.2, 0.25) is 0 Å². The molecule has 1 aromatic carbocycles. The molecule has 0 spiro atoms. The third-order valence-corrected chi connectivity index (χ3v) is 5.22. The van der Waals surface area contributed by atoms with Crippen molar-refractivity contribution in [2.75, 3.05) is 6.54 Å². The lowest BCUT2D eigenvalue weighted by Gasteiger charge is -2.05. The maximum Gasteiger partial charge on any atom is 0.287 e. The van der Waals surface area contributed by atoms with Gasteiger partial charge in [0.1, 0.15) is 5.58 Å². The summed E-state index contributed by atoms with van der Waals surface area (Å²) in [5, 5.41) is 5.44. The van der Waals surface area contributed by atoms with Crippen LogP contribution in [0.25, 0.3) is 11.0 Å². The van der Waals surface area contributed by atoms with E-state index in [9.17, 15) is 9.59 Å². The lowest BCUT2D eigenvalue weighted by molar-refractivity contribution is 0.0924. The molecule has 0 bridgehead atoms. The molecule has 116 valence electrons. The lowest BCUT2D eigenvalue weighted by Crippen LogP contribution is -2.26. The van der Waals surface area contributed by atoms with Gasteiger partial charge >= 0.3 is 0 Å². The Morgan fingerprint density at radius 1 is 1.26 bits per heavy atom. The summed E-state index contributed by atoms with van der Waals surface area (Å²) in [6.45, 7) is 0.609. The molecular weight excluding hydrogens is 310 g/mol. The predicted octanol–water partition coefficient (Wildman–Crippen LogP) is 3.39. The molecule has 0 saturated heterocycles. The first-order valence-electron chi connectivity index (χ1n) is 7.57. The zero-order chi connectivity index (χ0) is 15.8. The van der Waals surface area contributed by atoms with Crippen molar-refractivity contribution in [3.63, 3.8) is 0 Å². The second-order valence-corrected chi connectivity index (χ2v) is 6.78. The molecule has 1 aliphatic carbocycles. The topological polar surface area (TPSA) is 59.3 Å². The van der Waals surface area contributed by atoms with E-state index in [0.29, 0.717) is 29.3 Å². The highest BCUT2D eigenvalue weighted by Gasteiger charge is 2.39. The number of fused-ring (bicyclic) bond motifs is 1. The molecule has 4 rings (SSSR count). The predicted molar refractivity (Wildman–Crippen MR) is 90.0 cm³/mol. The number of amides is 1. The Morgan fingerprint density at radius 2 is 2.13 bits per heavy atom. The zero-order valence-electron chi connectivity index (χ0n) is 12.3. The Labute approximate surface area is 136 Å². The summed E-state index contributed by atoms with van der Waals surface area (Å²) < 4.78 is 5.55. The molecule has 0 aliphatic heterocycles. The van der Waals surface area contributed by atoms with Crippen LogP contribution in [0.1, 0.15) is 27.8 Å². The van der Waals surface area contributed by atoms with Crippen LogP contribution in [-0.2, 0) is 0 Å². The SMILES string of the molecule is O=C(NCC1CC1c1cccs1)c1cc(=O)c2ccccc2o1. The highest BCUT2D eigenvalue weighted by atomic mass is 32.1. The van der Waals surface area contributed by atoms with Crippen molar-refractivity contribution in [1.29, 1.82) is 0 Å². The molecule has 1 N–H and O–H groups in total. The summed E-state index contributed by atoms with van der Waals surface area (Å²) >= 11 is 1.76. The highest BCUT2D eigenvalue weighted by molar-refractivity contribution is 7.10. The Bertz CT molecular complexity index is 913. The van der Waals surface area contributed by atoms with Crippen LogP contribution in [0.5, 0.6) is 0 Å². The van der Waals surface area contributed by atoms with Gasteiger partial charge in [0, 0.05) is 17.5 Å². The van der Waals surface area contributed by atoms with E-state index in [4.69, 9.17) is 4.42 Å². The van der Waals surface area contributed by atoms with E-state index in [1.54, 1.807) is 35.6 Å². The summed E-state index contributed by atoms with van der Waals surface area (Å²) in [6, 6.07) is 12.4. The van der Waals surface area contributed by atoms with E-state index in [-0.39, 0.29) is 17.1 Å². The Balaban J connectivity index is 1.45. The van der Waals surface area contributed by atoms with Crippen molar-refractivity contribution in [3.8, 4) is 0 Å². The maximum atomic E-state index is 12.2. The number of carbonyl (C=O) groups is 1. The number of hydrogen-bond donors (Lipinski definition) is 1. The zero-order valence-corrected chi connectivity index (χ0v) is 13.1. The summed E-state index contributed by atoms with van der Waals surface area (Å²) in [5.74, 6) is 0.774. The molecule has 1 saturated carbocycles. The fourth-order valence-electron chi connectivity index (χ4n) is 2.85. The van der Waals surface area contributed by atoms with Gasteiger partial charge in [0.25, 0.3) is 5.91 Å². The van der Waals surface area contributed by atoms with E-state index in [1.807, 2.05) is 0 Å². The van der Waals surface area contributed by atoms with Crippen molar-refractivity contribution < 1.29 is 9.21 Å². The molecule has 0 radical (unpaired) electrons. The van der Waals surface area contributed by atoms with Crippen LogP contribution in [-0.4, -0.2) is 12.5 Å². The minimum atomic E-state index is -0.329. The third kappa shape index (κ3) is 2.80. The highest BCUT2D eigenvalue weighted by Crippen LogP contribution is 2.48. The van der Waals surface area contributed by atoms with E-state index in [1.165, 1.54) is 10.9 Å². The fourth-order valence-corrected chi connectivity index (χ4v) is 3.79. The van der Waals surface area contributed by atoms with Gasteiger partial charge in [-0.1, -0.05) is 18.2 Å². The average Bonchev–Trinajstić information content (AvgIpc) is 3.13. The smallest absolute Gasteiger partial charge is 0.287 e. The fraction of sp³-hybridized carbons (Fsp3) is 0.222. The molecule has 5 heteroatoms. The third-order valence-electron chi connectivity index (χ3n) is 4.21. The molecule has 2 aromatic heterocycles. The summed E-state index contributed by atoms with van der Waals surface area (Å²) in [5.41, 5.74) is 0.243. The van der Waals surface area contributed by atoms with Crippen LogP contribution in [0, 0.1) is 5.92 Å². The van der Waals surface area contributed by atoms with Gasteiger partial charge in [0.2, 0.25) is 0 Å². The Kier molecular flexibility index (Phi) is 3.50. The van der Waals surface area contributed by atoms with Gasteiger partial charge in [-0.3, -0.25) is 9.59 Å². The van der Waals surface area contributed by atoms with E-state index < -0.39 is 0 Å². The molecule has 1 amide bonds. The summed E-state index contributed by atoms with van der Waals surface area (Å²) in [6.07, 6.45) is 1.10. The van der Waals surface area contributed by atoms with Gasteiger partial charge in [0.05, 0.1) is 5.39 Å². The quantitative estimate of drug-likeness (QED) is 0.800. The van der Waals surface area contributed by atoms with Gasteiger partial charge < -0.3 is 9.73 Å². The first kappa shape index (κ1) is 14.2. The molecule has 1 aliphatic rings. The number of benzene rings is 1. The second-order valence-electron chi connectivity index (χ2n) is 5.80. The van der Waals surface area contributed by atoms with Crippen LogP contribution < -0.4 is 10.7 Å². The van der Waals surface area contributed by atoms with Crippen LogP contribution in [0.4, 0.5) is 0 Å². The maximum absolute atomic E-state index is 12.2. The second kappa shape index (κ2) is 5.66. The molecule has 2 atom stereocenters. The molecule has 1 fully saturated rings. The number of rotatable bonds is 4. The van der Waals surface area contributed by atoms with Gasteiger partial charge in [0.15, 0.2) is 11.2 Å². The summed E-state index contributed by atoms with van der Waals surface area (Å²) in [4.78, 5) is 25.6. The standard InChI is InChI=1S/C18H15NO3S/c20-14-9-16(22-15-5-2-1-4-12(14)15)18(21)19-10-11-8-13(11)17-6-3-7-23-17/h1-7,9,11,13H,8,10H2,(H,19,21). The van der Waals surface area contributed by atoms with Crippen LogP contribution in [0.15, 0.2) is 57.1 Å². The number of nitrogens with one attached hydrogen (secondary N) is 1. The van der Waals surface area contributed by atoms with Crippen molar-refractivity contribution >= 4 is 28.2 Å². The first-order chi connectivity index (χ1) is 11.2. The van der Waals surface area contributed by atoms with Crippen LogP contribution in [0.3, 0.4) is 0 Å². The van der Waals surface area contributed by atoms with Crippen molar-refractivity contribution in [2.24, 2.45) is 5.92 Å². The molecule has 4 nitrogen and oxygen atoms in total. The number of carbonyl (C=O) groups excluding carboxylic acids is 1.